The number of aliphatic hydroxyl groups is 5. The molecule has 3 saturated heterocycles. The summed E-state index contributed by atoms with van der Waals surface area (Å²) in [5.41, 5.74) is -5.66. The molecule has 3 heterocycles. The zero-order valence-electron chi connectivity index (χ0n) is 47.5. The Bertz CT molecular complexity index is 2080. The number of hydrogen-bond acceptors (Lipinski definition) is 18. The molecule has 434 valence electrons. The average molecular weight is 1090 g/mol. The van der Waals surface area contributed by atoms with Crippen LogP contribution in [0.2, 0.25) is 0 Å². The van der Waals surface area contributed by atoms with Crippen LogP contribution < -0.4 is 10.6 Å². The molecular weight excluding hydrogens is 996 g/mol. The second kappa shape index (κ2) is 27.1. The number of benzene rings is 1. The topological polar surface area (TPSA) is 255 Å². The van der Waals surface area contributed by atoms with Gasteiger partial charge in [-0.05, 0) is 125 Å². The van der Waals surface area contributed by atoms with Crippen LogP contribution in [0.3, 0.4) is 0 Å². The van der Waals surface area contributed by atoms with Gasteiger partial charge in [-0.15, -0.1) is 0 Å². The number of aliphatic hydroxyl groups excluding tert-OH is 2. The molecule has 4 rings (SSSR count). The van der Waals surface area contributed by atoms with Gasteiger partial charge in [-0.25, -0.2) is 12.8 Å². The molecule has 19 nitrogen and oxygen atoms in total. The van der Waals surface area contributed by atoms with E-state index in [0.29, 0.717) is 25.1 Å². The van der Waals surface area contributed by atoms with Crippen molar-refractivity contribution in [2.24, 2.45) is 17.8 Å². The Labute approximate surface area is 446 Å². The van der Waals surface area contributed by atoms with Crippen LogP contribution in [0, 0.1) is 17.8 Å². The van der Waals surface area contributed by atoms with Crippen LogP contribution in [0.5, 0.6) is 0 Å². The van der Waals surface area contributed by atoms with E-state index in [1.165, 1.54) is 26.2 Å². The molecule has 0 radical (unpaired) electrons. The van der Waals surface area contributed by atoms with Crippen molar-refractivity contribution in [2.45, 2.75) is 222 Å². The van der Waals surface area contributed by atoms with E-state index < -0.39 is 136 Å². The molecule has 1 amide bonds. The number of carbonyl (C=O) groups is 2. The summed E-state index contributed by atoms with van der Waals surface area (Å²) in [5.74, 6) is -3.48. The van der Waals surface area contributed by atoms with Gasteiger partial charge in [0.1, 0.15) is 41.8 Å². The number of nitrogens with one attached hydrogen (secondary N) is 2. The van der Waals surface area contributed by atoms with Crippen LogP contribution in [-0.2, 0) is 54.3 Å². The summed E-state index contributed by atoms with van der Waals surface area (Å²) < 4.78 is 76.9. The minimum Gasteiger partial charge on any atom is -0.459 e. The van der Waals surface area contributed by atoms with Crippen molar-refractivity contribution in [2.75, 3.05) is 60.3 Å². The number of carbonyl (C=O) groups excluding carboxylic acids is 2. The van der Waals surface area contributed by atoms with E-state index in [1.54, 1.807) is 74.7 Å². The lowest BCUT2D eigenvalue weighted by atomic mass is 9.75. The Morgan fingerprint density at radius 3 is 2.21 bits per heavy atom. The summed E-state index contributed by atoms with van der Waals surface area (Å²) >= 11 is 0. The second-order valence-electron chi connectivity index (χ2n) is 23.0. The van der Waals surface area contributed by atoms with E-state index in [4.69, 9.17) is 28.4 Å². The van der Waals surface area contributed by atoms with Crippen molar-refractivity contribution in [1.29, 1.82) is 0 Å². The number of halogens is 1. The largest absolute Gasteiger partial charge is 0.459 e. The van der Waals surface area contributed by atoms with E-state index in [0.717, 1.165) is 12.7 Å². The van der Waals surface area contributed by atoms with Crippen molar-refractivity contribution >= 4 is 21.7 Å². The number of ether oxygens (including phenoxy) is 6. The molecule has 19 atom stereocenters. The summed E-state index contributed by atoms with van der Waals surface area (Å²) in [4.78, 5) is 31.7. The van der Waals surface area contributed by atoms with Gasteiger partial charge in [0.05, 0.1) is 46.9 Å². The molecule has 0 aromatic heterocycles. The third kappa shape index (κ3) is 16.1. The lowest BCUT2D eigenvalue weighted by molar-refractivity contribution is -0.336. The molecule has 7 N–H and O–H groups in total. The minimum atomic E-state index is -3.41. The molecule has 0 bridgehead atoms. The van der Waals surface area contributed by atoms with Crippen molar-refractivity contribution in [3.63, 3.8) is 0 Å². The van der Waals surface area contributed by atoms with Crippen molar-refractivity contribution in [3.05, 3.63) is 29.8 Å². The highest BCUT2D eigenvalue weighted by Crippen LogP contribution is 2.43. The minimum absolute atomic E-state index is 0.0221. The maximum Gasteiger partial charge on any atom is 0.311 e. The van der Waals surface area contributed by atoms with Gasteiger partial charge in [0.2, 0.25) is 5.91 Å². The predicted octanol–water partition coefficient (Wildman–Crippen LogP) is 3.13. The van der Waals surface area contributed by atoms with E-state index in [1.807, 2.05) is 30.6 Å². The Morgan fingerprint density at radius 1 is 1.00 bits per heavy atom. The van der Waals surface area contributed by atoms with E-state index in [2.05, 4.69) is 10.6 Å². The molecule has 5 unspecified atom stereocenters. The van der Waals surface area contributed by atoms with Crippen LogP contribution >= 0.6 is 0 Å². The molecule has 3 fully saturated rings. The van der Waals surface area contributed by atoms with Gasteiger partial charge in [0, 0.05) is 63.8 Å². The van der Waals surface area contributed by atoms with Gasteiger partial charge < -0.3 is 74.4 Å². The number of cyclic esters (lactones) is 1. The molecule has 3 aliphatic heterocycles. The SMILES string of the molecule is CCCNCC1(O)C(C)O[C@@H](O[C@H]2[C@H](C)[C@@H](O[C@@H]3O[C@H](C)C[C@H](N(C)CCC(=O)N[C@H](CF)Cc4ccc(S(C)(=O)=O)cc4)[C@H]3O)C(C)(O)C[C@@H](C)CN(C)[C@H](C)[C@@H](O)C(C)(O)[C@@H](CC)OC(=O)[C@@H]2C)CC1(C)OC. The van der Waals surface area contributed by atoms with Crippen LogP contribution in [0.1, 0.15) is 120 Å². The number of sulfone groups is 1. The number of amides is 1. The van der Waals surface area contributed by atoms with E-state index in [9.17, 15) is 47.9 Å². The van der Waals surface area contributed by atoms with E-state index >= 15 is 0 Å². The fraction of sp³-hybridized carbons (Fsp3) is 0.852. The third-order valence-electron chi connectivity index (χ3n) is 16.5. The summed E-state index contributed by atoms with van der Waals surface area (Å²) in [6.45, 7) is 19.8. The fourth-order valence-electron chi connectivity index (χ4n) is 11.6. The molecule has 1 aromatic rings. The number of rotatable bonds is 19. The maximum absolute atomic E-state index is 14.6. The monoisotopic (exact) mass is 1090 g/mol. The van der Waals surface area contributed by atoms with Gasteiger partial charge in [-0.1, -0.05) is 39.8 Å². The zero-order chi connectivity index (χ0) is 56.6. The van der Waals surface area contributed by atoms with Gasteiger partial charge in [0.15, 0.2) is 22.4 Å². The molecule has 0 aliphatic carbocycles. The first-order chi connectivity index (χ1) is 34.8. The fourth-order valence-corrected chi connectivity index (χ4v) is 12.2. The number of nitrogens with zero attached hydrogens (tertiary/aromatic N) is 2. The molecule has 3 aliphatic rings. The van der Waals surface area contributed by atoms with Crippen LogP contribution in [-0.4, -0.2) is 212 Å². The summed E-state index contributed by atoms with van der Waals surface area (Å²) in [6, 6.07) is 3.99. The molecule has 1 aromatic carbocycles. The molecule has 0 saturated carbocycles. The maximum atomic E-state index is 14.6. The Balaban J connectivity index is 1.69. The standard InChI is InChI=1S/C54H95FN4O15S/c1-16-23-56-31-54(66)37(8)71-44(28-52(54,10)69-14)73-46-34(5)48(51(9,64)27-32(3)30-59(13)36(7)47(62)53(11,65)42(17-2)72-49(63)35(46)6)74-50-45(61)41(25-33(4)70-50)58(12)24-22-43(60)57-39(29-55)26-38-18-20-40(21-19-38)75(15,67)68/h18-21,32-37,39,41-42,44-48,50,56,61-62,64-66H,16-17,22-31H2,1-15H3,(H,57,60)/t32-,33-,34+,35-,36-,37?,39+,41+,42-,44+,45-,46+,47-,48-,50+,51?,52?,53?,54?/m1/s1. The lowest BCUT2D eigenvalue weighted by Crippen LogP contribution is -2.70. The van der Waals surface area contributed by atoms with Crippen LogP contribution in [0.25, 0.3) is 0 Å². The average Bonchev–Trinajstić information content (AvgIpc) is 3.33. The van der Waals surface area contributed by atoms with Crippen molar-refractivity contribution in [3.8, 4) is 0 Å². The molecule has 0 spiro atoms. The summed E-state index contributed by atoms with van der Waals surface area (Å²) in [5, 5.41) is 67.0. The number of hydrogen-bond donors (Lipinski definition) is 7. The lowest BCUT2D eigenvalue weighted by Gasteiger charge is -2.53. The number of methoxy groups -OCH3 is 1. The van der Waals surface area contributed by atoms with Gasteiger partial charge >= 0.3 is 5.97 Å². The Morgan fingerprint density at radius 2 is 1.64 bits per heavy atom. The number of likely N-dealkylation sites (N-methyl/N-ethyl adjacent to an activating group) is 2. The molecular formula is C54H95FN4O15S. The highest BCUT2D eigenvalue weighted by molar-refractivity contribution is 7.90. The first-order valence-electron chi connectivity index (χ1n) is 27.0. The quantitative estimate of drug-likeness (QED) is 0.0776. The molecule has 75 heavy (non-hydrogen) atoms. The smallest absolute Gasteiger partial charge is 0.311 e. The van der Waals surface area contributed by atoms with Crippen molar-refractivity contribution in [1.82, 2.24) is 20.4 Å². The van der Waals surface area contributed by atoms with Crippen LogP contribution in [0.15, 0.2) is 29.2 Å². The van der Waals surface area contributed by atoms with Gasteiger partial charge in [-0.3, -0.25) is 9.59 Å². The highest BCUT2D eigenvalue weighted by atomic mass is 32.2. The Hall–Kier alpha value is -2.48. The predicted molar refractivity (Wildman–Crippen MR) is 281 cm³/mol. The third-order valence-corrected chi connectivity index (χ3v) is 17.6. The number of esters is 1. The van der Waals surface area contributed by atoms with Crippen molar-refractivity contribution < 1.29 is 76.4 Å². The zero-order valence-corrected chi connectivity index (χ0v) is 48.3. The van der Waals surface area contributed by atoms with Gasteiger partial charge in [0.25, 0.3) is 0 Å². The Kier molecular flexibility index (Phi) is 23.5. The summed E-state index contributed by atoms with van der Waals surface area (Å²) in [6.07, 6.45) is -7.29. The second-order valence-corrected chi connectivity index (χ2v) is 25.0. The highest BCUT2D eigenvalue weighted by Gasteiger charge is 2.58. The number of alkyl halides is 1. The van der Waals surface area contributed by atoms with Gasteiger partial charge in [-0.2, -0.15) is 0 Å². The normalized spacial score (nSPS) is 39.6. The summed E-state index contributed by atoms with van der Waals surface area (Å²) in [7, 11) is 1.65. The molecule has 21 heteroatoms. The van der Waals surface area contributed by atoms with Crippen LogP contribution in [0.4, 0.5) is 4.39 Å². The van der Waals surface area contributed by atoms with E-state index in [-0.39, 0.29) is 56.0 Å². The first-order valence-corrected chi connectivity index (χ1v) is 28.9. The first kappa shape index (κ1) is 65.0.